The number of nitrogens with zero attached hydrogens (tertiary/aromatic N) is 3. The van der Waals surface area contributed by atoms with Crippen molar-refractivity contribution >= 4 is 0 Å². The first-order valence-electron chi connectivity index (χ1n) is 7.21. The van der Waals surface area contributed by atoms with E-state index in [0.29, 0.717) is 0 Å². The van der Waals surface area contributed by atoms with E-state index in [1.54, 1.807) is 0 Å². The SMILES string of the molecule is CCCC(C)CN(C)CCN1CCN(C)CC1. The fourth-order valence-electron chi connectivity index (χ4n) is 2.59. The molecule has 0 aromatic carbocycles. The number of rotatable bonds is 7. The van der Waals surface area contributed by atoms with Gasteiger partial charge in [0, 0.05) is 45.8 Å². The standard InChI is InChI=1S/C14H31N3/c1-5-6-14(2)13-16(4)9-12-17-10-7-15(3)8-11-17/h14H,5-13H2,1-4H3. The molecule has 0 spiro atoms. The van der Waals surface area contributed by atoms with Crippen LogP contribution in [0.5, 0.6) is 0 Å². The van der Waals surface area contributed by atoms with Gasteiger partial charge in [-0.05, 0) is 26.4 Å². The van der Waals surface area contributed by atoms with Crippen molar-refractivity contribution in [3.05, 3.63) is 0 Å². The van der Waals surface area contributed by atoms with Crippen molar-refractivity contribution in [3.63, 3.8) is 0 Å². The molecule has 1 aliphatic heterocycles. The lowest BCUT2D eigenvalue weighted by Crippen LogP contribution is -2.46. The monoisotopic (exact) mass is 241 g/mol. The van der Waals surface area contributed by atoms with Crippen molar-refractivity contribution < 1.29 is 0 Å². The molecule has 1 aliphatic rings. The molecule has 1 rings (SSSR count). The van der Waals surface area contributed by atoms with Crippen LogP contribution in [0.3, 0.4) is 0 Å². The van der Waals surface area contributed by atoms with Gasteiger partial charge >= 0.3 is 0 Å². The second-order valence-electron chi connectivity index (χ2n) is 5.80. The maximum Gasteiger partial charge on any atom is 0.0110 e. The highest BCUT2D eigenvalue weighted by atomic mass is 15.3. The van der Waals surface area contributed by atoms with Crippen molar-refractivity contribution in [1.29, 1.82) is 0 Å². The summed E-state index contributed by atoms with van der Waals surface area (Å²) < 4.78 is 0. The van der Waals surface area contributed by atoms with Crippen molar-refractivity contribution in [3.8, 4) is 0 Å². The van der Waals surface area contributed by atoms with Crippen LogP contribution in [0, 0.1) is 5.92 Å². The van der Waals surface area contributed by atoms with Gasteiger partial charge in [-0.3, -0.25) is 4.90 Å². The number of hydrogen-bond acceptors (Lipinski definition) is 3. The third kappa shape index (κ3) is 6.39. The third-order valence-corrected chi connectivity index (χ3v) is 3.80. The summed E-state index contributed by atoms with van der Waals surface area (Å²) in [6.07, 6.45) is 2.67. The summed E-state index contributed by atoms with van der Waals surface area (Å²) in [5, 5.41) is 0. The quantitative estimate of drug-likeness (QED) is 0.670. The summed E-state index contributed by atoms with van der Waals surface area (Å²) in [7, 11) is 4.48. The van der Waals surface area contributed by atoms with E-state index >= 15 is 0 Å². The Morgan fingerprint density at radius 1 is 1.18 bits per heavy atom. The number of piperazine rings is 1. The van der Waals surface area contributed by atoms with Crippen LogP contribution in [0.1, 0.15) is 26.7 Å². The van der Waals surface area contributed by atoms with Crippen molar-refractivity contribution in [2.24, 2.45) is 5.92 Å². The first kappa shape index (κ1) is 14.9. The predicted octanol–water partition coefficient (Wildman–Crippen LogP) is 1.60. The van der Waals surface area contributed by atoms with Crippen LogP contribution in [0.4, 0.5) is 0 Å². The molecule has 1 fully saturated rings. The second kappa shape index (κ2) is 8.06. The molecule has 3 nitrogen and oxygen atoms in total. The maximum atomic E-state index is 2.60. The van der Waals surface area contributed by atoms with E-state index in [9.17, 15) is 0 Å². The molecular weight excluding hydrogens is 210 g/mol. The Kier molecular flexibility index (Phi) is 7.09. The smallest absolute Gasteiger partial charge is 0.0110 e. The van der Waals surface area contributed by atoms with Crippen LogP contribution in [0.15, 0.2) is 0 Å². The zero-order chi connectivity index (χ0) is 12.7. The third-order valence-electron chi connectivity index (χ3n) is 3.80. The Bertz CT molecular complexity index is 188. The molecule has 1 heterocycles. The van der Waals surface area contributed by atoms with Crippen molar-refractivity contribution in [2.75, 3.05) is 59.9 Å². The molecule has 0 bridgehead atoms. The molecule has 0 aromatic rings. The number of hydrogen-bond donors (Lipinski definition) is 0. The Morgan fingerprint density at radius 2 is 1.82 bits per heavy atom. The van der Waals surface area contributed by atoms with Crippen molar-refractivity contribution in [1.82, 2.24) is 14.7 Å². The topological polar surface area (TPSA) is 9.72 Å². The lowest BCUT2D eigenvalue weighted by molar-refractivity contribution is 0.137. The predicted molar refractivity (Wildman–Crippen MR) is 75.5 cm³/mol. The van der Waals surface area contributed by atoms with Crippen LogP contribution >= 0.6 is 0 Å². The van der Waals surface area contributed by atoms with Gasteiger partial charge in [-0.1, -0.05) is 20.3 Å². The van der Waals surface area contributed by atoms with E-state index in [2.05, 4.69) is 42.6 Å². The zero-order valence-electron chi connectivity index (χ0n) is 12.3. The first-order chi connectivity index (χ1) is 8.11. The molecule has 102 valence electrons. The fraction of sp³-hybridized carbons (Fsp3) is 1.00. The Labute approximate surface area is 108 Å². The van der Waals surface area contributed by atoms with Crippen LogP contribution in [-0.4, -0.2) is 74.6 Å². The summed E-state index contributed by atoms with van der Waals surface area (Å²) in [4.78, 5) is 7.52. The van der Waals surface area contributed by atoms with Gasteiger partial charge < -0.3 is 9.80 Å². The van der Waals surface area contributed by atoms with Gasteiger partial charge in [0.15, 0.2) is 0 Å². The van der Waals surface area contributed by atoms with E-state index in [4.69, 9.17) is 0 Å². The molecule has 0 aliphatic carbocycles. The molecule has 0 amide bonds. The average Bonchev–Trinajstić information content (AvgIpc) is 2.28. The van der Waals surface area contributed by atoms with Crippen LogP contribution < -0.4 is 0 Å². The molecular formula is C14H31N3. The van der Waals surface area contributed by atoms with E-state index in [1.165, 1.54) is 58.7 Å². The highest BCUT2D eigenvalue weighted by Gasteiger charge is 2.14. The minimum atomic E-state index is 0.845. The van der Waals surface area contributed by atoms with Gasteiger partial charge in [0.25, 0.3) is 0 Å². The molecule has 0 radical (unpaired) electrons. The molecule has 1 atom stereocenters. The van der Waals surface area contributed by atoms with Gasteiger partial charge in [0.2, 0.25) is 0 Å². The highest BCUT2D eigenvalue weighted by Crippen LogP contribution is 2.06. The van der Waals surface area contributed by atoms with Crippen molar-refractivity contribution in [2.45, 2.75) is 26.7 Å². The summed E-state index contributed by atoms with van der Waals surface area (Å²) in [5.41, 5.74) is 0. The van der Waals surface area contributed by atoms with E-state index in [0.717, 1.165) is 5.92 Å². The highest BCUT2D eigenvalue weighted by molar-refractivity contribution is 4.70. The molecule has 1 unspecified atom stereocenters. The molecule has 17 heavy (non-hydrogen) atoms. The normalized spacial score (nSPS) is 21.0. The van der Waals surface area contributed by atoms with Crippen LogP contribution in [-0.2, 0) is 0 Å². The van der Waals surface area contributed by atoms with E-state index in [1.807, 2.05) is 0 Å². The minimum absolute atomic E-state index is 0.845. The van der Waals surface area contributed by atoms with Crippen LogP contribution in [0.25, 0.3) is 0 Å². The summed E-state index contributed by atoms with van der Waals surface area (Å²) >= 11 is 0. The summed E-state index contributed by atoms with van der Waals surface area (Å²) in [6, 6.07) is 0. The van der Waals surface area contributed by atoms with Gasteiger partial charge in [-0.15, -0.1) is 0 Å². The summed E-state index contributed by atoms with van der Waals surface area (Å²) in [5.74, 6) is 0.845. The van der Waals surface area contributed by atoms with Gasteiger partial charge in [-0.25, -0.2) is 0 Å². The maximum absolute atomic E-state index is 2.60. The minimum Gasteiger partial charge on any atom is -0.305 e. The largest absolute Gasteiger partial charge is 0.305 e. The van der Waals surface area contributed by atoms with Gasteiger partial charge in [0.05, 0.1) is 0 Å². The molecule has 0 N–H and O–H groups in total. The van der Waals surface area contributed by atoms with E-state index < -0.39 is 0 Å². The molecule has 1 saturated heterocycles. The Balaban J connectivity index is 2.08. The fourth-order valence-corrected chi connectivity index (χ4v) is 2.59. The van der Waals surface area contributed by atoms with Gasteiger partial charge in [0.1, 0.15) is 0 Å². The molecule has 0 saturated carbocycles. The Hall–Kier alpha value is -0.120. The lowest BCUT2D eigenvalue weighted by atomic mass is 10.1. The lowest BCUT2D eigenvalue weighted by Gasteiger charge is -2.33. The van der Waals surface area contributed by atoms with Gasteiger partial charge in [-0.2, -0.15) is 0 Å². The second-order valence-corrected chi connectivity index (χ2v) is 5.80. The molecule has 3 heteroatoms. The summed E-state index contributed by atoms with van der Waals surface area (Å²) in [6.45, 7) is 13.3. The molecule has 0 aromatic heterocycles. The average molecular weight is 241 g/mol. The van der Waals surface area contributed by atoms with Crippen LogP contribution in [0.2, 0.25) is 0 Å². The van der Waals surface area contributed by atoms with E-state index in [-0.39, 0.29) is 0 Å². The Morgan fingerprint density at radius 3 is 2.41 bits per heavy atom. The zero-order valence-corrected chi connectivity index (χ0v) is 12.3. The number of likely N-dealkylation sites (N-methyl/N-ethyl adjacent to an activating group) is 2. The first-order valence-corrected chi connectivity index (χ1v) is 7.21.